The second-order valence-electron chi connectivity index (χ2n) is 7.60. The molecule has 14 heteroatoms. The molecule has 0 atom stereocenters. The fourth-order valence-corrected chi connectivity index (χ4v) is 5.04. The molecule has 0 spiro atoms. The first-order valence-electron chi connectivity index (χ1n) is 10.0. The third-order valence-electron chi connectivity index (χ3n) is 5.00. The van der Waals surface area contributed by atoms with Crippen molar-refractivity contribution in [1.29, 1.82) is 0 Å². The van der Waals surface area contributed by atoms with Crippen molar-refractivity contribution in [2.24, 2.45) is 0 Å². The topological polar surface area (TPSA) is 138 Å². The molecule has 3 aromatic rings. The van der Waals surface area contributed by atoms with Crippen molar-refractivity contribution in [1.82, 2.24) is 0 Å². The molecule has 2 aromatic carbocycles. The minimum absolute atomic E-state index is 0.0912. The number of nitrogens with zero attached hydrogens (tertiary/aromatic N) is 2. The zero-order valence-corrected chi connectivity index (χ0v) is 21.2. The zero-order valence-electron chi connectivity index (χ0n) is 18.1. The highest BCUT2D eigenvalue weighted by molar-refractivity contribution is 7.85. The minimum atomic E-state index is -4.43. The lowest BCUT2D eigenvalue weighted by Gasteiger charge is -2.16. The van der Waals surface area contributed by atoms with Gasteiger partial charge in [-0.3, -0.25) is 14.0 Å². The Hall–Kier alpha value is -2.61. The molecule has 0 saturated heterocycles. The van der Waals surface area contributed by atoms with Gasteiger partial charge in [0.15, 0.2) is 11.6 Å². The molecule has 0 saturated carbocycles. The zero-order chi connectivity index (χ0) is 25.5. The molecule has 0 aliphatic carbocycles. The Morgan fingerprint density at radius 3 is 2.40 bits per heavy atom. The second kappa shape index (κ2) is 9.45. The highest BCUT2D eigenvalue weighted by Gasteiger charge is 2.31. The van der Waals surface area contributed by atoms with E-state index in [2.05, 4.69) is 0 Å². The average Bonchev–Trinajstić information content (AvgIpc) is 3.23. The van der Waals surface area contributed by atoms with Crippen LogP contribution in [0.2, 0.25) is 10.0 Å². The number of allylic oxidation sites excluding steroid dienone is 2. The van der Waals surface area contributed by atoms with Crippen LogP contribution in [0.1, 0.15) is 19.2 Å². The number of oxazole rings is 1. The predicted octanol–water partition coefficient (Wildman–Crippen LogP) is 4.25. The maximum absolute atomic E-state index is 11.7. The van der Waals surface area contributed by atoms with Crippen molar-refractivity contribution in [3.63, 3.8) is 0 Å². The molecule has 1 aliphatic heterocycles. The van der Waals surface area contributed by atoms with Crippen molar-refractivity contribution >= 4 is 66.3 Å². The number of fused-ring (bicyclic) bond motifs is 2. The van der Waals surface area contributed by atoms with E-state index in [0.29, 0.717) is 44.6 Å². The Morgan fingerprint density at radius 1 is 1.06 bits per heavy atom. The molecule has 2 heterocycles. The minimum Gasteiger partial charge on any atom is -0.439 e. The fourth-order valence-electron chi connectivity index (χ4n) is 3.52. The van der Waals surface area contributed by atoms with Gasteiger partial charge in [-0.05, 0) is 42.3 Å². The Morgan fingerprint density at radius 2 is 1.74 bits per heavy atom. The molecule has 0 bridgehead atoms. The Bertz CT molecular complexity index is 1590. The van der Waals surface area contributed by atoms with Crippen LogP contribution in [0, 0.1) is 0 Å². The summed E-state index contributed by atoms with van der Waals surface area (Å²) < 4.78 is 78.4. The largest absolute Gasteiger partial charge is 0.439 e. The molecule has 35 heavy (non-hydrogen) atoms. The van der Waals surface area contributed by atoms with Gasteiger partial charge in [0.05, 0.1) is 11.8 Å². The first kappa shape index (κ1) is 25.5. The van der Waals surface area contributed by atoms with Gasteiger partial charge < -0.3 is 9.15 Å². The number of anilines is 1. The summed E-state index contributed by atoms with van der Waals surface area (Å²) in [5, 5.41) is 0.680. The number of rotatable bonds is 7. The predicted molar refractivity (Wildman–Crippen MR) is 130 cm³/mol. The lowest BCUT2D eigenvalue weighted by Crippen LogP contribution is -2.39. The van der Waals surface area contributed by atoms with Gasteiger partial charge in [0.25, 0.3) is 21.5 Å². The van der Waals surface area contributed by atoms with Crippen LogP contribution in [0.25, 0.3) is 17.2 Å². The van der Waals surface area contributed by atoms with Crippen molar-refractivity contribution in [2.45, 2.75) is 19.2 Å². The number of hydrogen-bond donors (Lipinski definition) is 2. The van der Waals surface area contributed by atoms with Crippen LogP contribution in [0.15, 0.2) is 58.3 Å². The molecular weight excluding hydrogens is 543 g/mol. The van der Waals surface area contributed by atoms with Crippen LogP contribution in [-0.4, -0.2) is 31.8 Å². The van der Waals surface area contributed by atoms with E-state index in [1.54, 1.807) is 24.3 Å². The van der Waals surface area contributed by atoms with E-state index in [1.165, 1.54) is 33.8 Å². The Labute approximate surface area is 211 Å². The fraction of sp³-hybridized carbons (Fsp3) is 0.190. The number of halogens is 2. The maximum atomic E-state index is 11.7. The summed E-state index contributed by atoms with van der Waals surface area (Å²) in [6.45, 7) is 1.81. The number of hydrogen-bond acceptors (Lipinski definition) is 7. The quantitative estimate of drug-likeness (QED) is 0.320. The van der Waals surface area contributed by atoms with Gasteiger partial charge in [0.2, 0.25) is 11.5 Å². The molecule has 0 radical (unpaired) electrons. The van der Waals surface area contributed by atoms with Crippen LogP contribution in [0.3, 0.4) is 0 Å². The summed E-state index contributed by atoms with van der Waals surface area (Å²) >= 11 is 12.1. The molecule has 186 valence electrons. The SMILES string of the molecule is CCC(=C/c1oc2ccc(Cl)cc2[n+]1CS(=O)(=O)O)/C=C1/Oc2ccc(Cl)cc2N1CS(=O)(=O)O. The third-order valence-corrected chi connectivity index (χ3v) is 6.63. The molecule has 0 fully saturated rings. The van der Waals surface area contributed by atoms with E-state index in [9.17, 15) is 25.9 Å². The van der Waals surface area contributed by atoms with Gasteiger partial charge in [0.1, 0.15) is 0 Å². The van der Waals surface area contributed by atoms with Gasteiger partial charge >= 0.3 is 16.0 Å². The summed E-state index contributed by atoms with van der Waals surface area (Å²) in [7, 11) is -8.87. The van der Waals surface area contributed by atoms with Crippen LogP contribution >= 0.6 is 23.2 Å². The molecule has 0 unspecified atom stereocenters. The molecule has 1 aromatic heterocycles. The third kappa shape index (κ3) is 5.97. The normalized spacial score (nSPS) is 15.6. The molecule has 1 aliphatic rings. The van der Waals surface area contributed by atoms with Crippen molar-refractivity contribution < 1.29 is 39.7 Å². The van der Waals surface area contributed by atoms with E-state index in [1.807, 2.05) is 6.92 Å². The summed E-state index contributed by atoms with van der Waals surface area (Å²) in [5.74, 6) is -1.05. The Balaban J connectivity index is 1.83. The molecule has 4 rings (SSSR count). The van der Waals surface area contributed by atoms with Crippen LogP contribution in [0.4, 0.5) is 5.69 Å². The van der Waals surface area contributed by atoms with E-state index >= 15 is 0 Å². The standard InChI is InChI=1S/C21H18Cl2N2O8S2/c1-2-13(7-20-24(11-34(26,27)28)16-9-14(22)3-5-18(16)32-20)8-21-25(12-35(29,30)31)17-10-15(23)4-6-19(17)33-21/h3-10H,2,11-12H2,1H3,(H-,26,27,28,29,30,31)/p+1. The molecular formula is C21H19Cl2N2O8S2+. The van der Waals surface area contributed by atoms with Crippen LogP contribution in [-0.2, 0) is 26.1 Å². The summed E-state index contributed by atoms with van der Waals surface area (Å²) in [6, 6.07) is 9.27. The van der Waals surface area contributed by atoms with Gasteiger partial charge in [-0.1, -0.05) is 30.1 Å². The van der Waals surface area contributed by atoms with Gasteiger partial charge in [-0.2, -0.15) is 16.8 Å². The average molecular weight is 562 g/mol. The highest BCUT2D eigenvalue weighted by Crippen LogP contribution is 2.41. The van der Waals surface area contributed by atoms with E-state index in [-0.39, 0.29) is 11.8 Å². The van der Waals surface area contributed by atoms with Crippen molar-refractivity contribution in [2.75, 3.05) is 10.8 Å². The lowest BCUT2D eigenvalue weighted by atomic mass is 10.2. The van der Waals surface area contributed by atoms with Gasteiger partial charge in [-0.25, -0.2) is 0 Å². The van der Waals surface area contributed by atoms with Crippen LogP contribution in [0.5, 0.6) is 5.75 Å². The summed E-state index contributed by atoms with van der Waals surface area (Å²) in [4.78, 5) is 1.24. The Kier molecular flexibility index (Phi) is 6.88. The highest BCUT2D eigenvalue weighted by atomic mass is 35.5. The summed E-state index contributed by atoms with van der Waals surface area (Å²) in [5.41, 5.74) is 1.57. The van der Waals surface area contributed by atoms with Crippen molar-refractivity contribution in [3.8, 4) is 5.75 Å². The first-order chi connectivity index (χ1) is 16.3. The molecule has 0 amide bonds. The van der Waals surface area contributed by atoms with E-state index in [4.69, 9.17) is 32.4 Å². The number of ether oxygens (including phenoxy) is 1. The number of aromatic nitrogens is 1. The van der Waals surface area contributed by atoms with Gasteiger partial charge in [-0.15, -0.1) is 4.57 Å². The van der Waals surface area contributed by atoms with Crippen LogP contribution < -0.4 is 14.2 Å². The van der Waals surface area contributed by atoms with Gasteiger partial charge in [0, 0.05) is 22.2 Å². The number of benzene rings is 2. The second-order valence-corrected chi connectivity index (χ2v) is 11.3. The van der Waals surface area contributed by atoms with E-state index in [0.717, 1.165) is 0 Å². The first-order valence-corrected chi connectivity index (χ1v) is 14.0. The monoisotopic (exact) mass is 561 g/mol. The molecule has 2 N–H and O–H groups in total. The lowest BCUT2D eigenvalue weighted by molar-refractivity contribution is -0.658. The maximum Gasteiger partial charge on any atom is 0.375 e. The van der Waals surface area contributed by atoms with Crippen molar-refractivity contribution in [3.05, 3.63) is 69.9 Å². The van der Waals surface area contributed by atoms with E-state index < -0.39 is 32.0 Å². The smallest absolute Gasteiger partial charge is 0.375 e. The summed E-state index contributed by atoms with van der Waals surface area (Å²) in [6.07, 6.45) is 3.45. The molecule has 10 nitrogen and oxygen atoms in total.